The zero-order valence-electron chi connectivity index (χ0n) is 10.2. The van der Waals surface area contributed by atoms with E-state index in [0.717, 1.165) is 11.8 Å². The summed E-state index contributed by atoms with van der Waals surface area (Å²) in [4.78, 5) is 0. The second-order valence-corrected chi connectivity index (χ2v) is 6.99. The zero-order valence-corrected chi connectivity index (χ0v) is 10.2. The molecule has 4 rings (SSSR count). The lowest BCUT2D eigenvalue weighted by atomic mass is 9.58. The Hall–Kier alpha value is -0.0151. The Bertz CT molecular complexity index is 280. The molecule has 3 heteroatoms. The minimum Gasteiger partial charge on any atom is -0.405 e. The van der Waals surface area contributed by atoms with Crippen molar-refractivity contribution in [2.45, 2.75) is 64.0 Å². The highest BCUT2D eigenvalue weighted by Gasteiger charge is 2.61. The van der Waals surface area contributed by atoms with Gasteiger partial charge in [0.05, 0.1) is 11.7 Å². The van der Waals surface area contributed by atoms with E-state index in [1.54, 1.807) is 0 Å². The van der Waals surface area contributed by atoms with Crippen molar-refractivity contribution in [3.63, 3.8) is 0 Å². The Morgan fingerprint density at radius 1 is 1.27 bits per heavy atom. The predicted octanol–water partition coefficient (Wildman–Crippen LogP) is 2.88. The summed E-state index contributed by atoms with van der Waals surface area (Å²) in [5, 5.41) is 0.102. The minimum atomic E-state index is -0.00755. The molecule has 1 saturated heterocycles. The van der Waals surface area contributed by atoms with Crippen molar-refractivity contribution in [1.29, 1.82) is 0 Å². The van der Waals surface area contributed by atoms with Crippen molar-refractivity contribution in [1.82, 2.24) is 0 Å². The van der Waals surface area contributed by atoms with Gasteiger partial charge in [-0.1, -0.05) is 20.8 Å². The minimum absolute atomic E-state index is 0.00755. The SMILES string of the molecule is CC(C)(C)B1O[C@@H]2C3CC(C3)C[C@]2(C)O1. The van der Waals surface area contributed by atoms with Crippen molar-refractivity contribution in [3.8, 4) is 0 Å². The van der Waals surface area contributed by atoms with Crippen LogP contribution in [0, 0.1) is 11.8 Å². The molecule has 0 aromatic heterocycles. The van der Waals surface area contributed by atoms with Gasteiger partial charge in [-0.25, -0.2) is 0 Å². The third-order valence-electron chi connectivity index (χ3n) is 4.35. The van der Waals surface area contributed by atoms with E-state index in [-0.39, 0.29) is 18.0 Å². The van der Waals surface area contributed by atoms with Crippen LogP contribution in [-0.4, -0.2) is 18.8 Å². The zero-order chi connectivity index (χ0) is 10.8. The van der Waals surface area contributed by atoms with E-state index in [4.69, 9.17) is 9.31 Å². The van der Waals surface area contributed by atoms with E-state index in [1.807, 2.05) is 0 Å². The van der Waals surface area contributed by atoms with Gasteiger partial charge in [0.1, 0.15) is 0 Å². The second kappa shape index (κ2) is 2.81. The van der Waals surface area contributed by atoms with Crippen LogP contribution in [0.5, 0.6) is 0 Å². The largest absolute Gasteiger partial charge is 0.463 e. The van der Waals surface area contributed by atoms with Gasteiger partial charge in [0.25, 0.3) is 0 Å². The molecule has 4 aliphatic rings. The highest BCUT2D eigenvalue weighted by atomic mass is 16.7. The van der Waals surface area contributed by atoms with Crippen molar-refractivity contribution in [2.75, 3.05) is 0 Å². The van der Waals surface area contributed by atoms with Crippen molar-refractivity contribution in [3.05, 3.63) is 0 Å². The van der Waals surface area contributed by atoms with E-state index in [0.29, 0.717) is 6.10 Å². The lowest BCUT2D eigenvalue weighted by Crippen LogP contribution is -2.54. The molecule has 2 bridgehead atoms. The lowest BCUT2D eigenvalue weighted by Gasteiger charge is -2.52. The van der Waals surface area contributed by atoms with Crippen molar-refractivity contribution in [2.24, 2.45) is 11.8 Å². The fourth-order valence-corrected chi connectivity index (χ4v) is 3.55. The first kappa shape index (κ1) is 10.2. The third kappa shape index (κ3) is 1.39. The van der Waals surface area contributed by atoms with Crippen LogP contribution in [0.2, 0.25) is 5.31 Å². The van der Waals surface area contributed by atoms with Crippen LogP contribution in [0.1, 0.15) is 47.0 Å². The van der Waals surface area contributed by atoms with E-state index < -0.39 is 0 Å². The van der Waals surface area contributed by atoms with Gasteiger partial charge in [0, 0.05) is 0 Å². The number of rotatable bonds is 0. The molecule has 3 saturated carbocycles. The van der Waals surface area contributed by atoms with Crippen LogP contribution in [0.3, 0.4) is 0 Å². The molecule has 0 aromatic carbocycles. The normalized spacial score (nSPS) is 48.8. The van der Waals surface area contributed by atoms with Crippen LogP contribution in [0.25, 0.3) is 0 Å². The highest BCUT2D eigenvalue weighted by molar-refractivity contribution is 6.49. The van der Waals surface area contributed by atoms with Gasteiger partial charge in [-0.05, 0) is 43.3 Å². The predicted molar refractivity (Wildman–Crippen MR) is 60.7 cm³/mol. The summed E-state index contributed by atoms with van der Waals surface area (Å²) in [7, 11) is -0.00755. The molecule has 4 fully saturated rings. The quantitative estimate of drug-likeness (QED) is 0.570. The van der Waals surface area contributed by atoms with Crippen LogP contribution in [-0.2, 0) is 9.31 Å². The van der Waals surface area contributed by atoms with Gasteiger partial charge in [-0.3, -0.25) is 0 Å². The Morgan fingerprint density at radius 3 is 2.47 bits per heavy atom. The second-order valence-electron chi connectivity index (χ2n) is 6.99. The maximum Gasteiger partial charge on any atom is 0.463 e. The maximum absolute atomic E-state index is 6.20. The Balaban J connectivity index is 1.82. The molecule has 2 atom stereocenters. The Morgan fingerprint density at radius 2 is 1.93 bits per heavy atom. The Labute approximate surface area is 92.9 Å². The molecule has 1 heterocycles. The standard InChI is InChI=1S/C12H21BO2/c1-11(2,3)13-14-10-9-5-8(6-9)7-12(10,4)15-13/h8-10H,5-7H2,1-4H3/t8?,9?,10-,12+/m1/s1. The van der Waals surface area contributed by atoms with Crippen molar-refractivity contribution < 1.29 is 9.31 Å². The Kier molecular flexibility index (Phi) is 1.90. The van der Waals surface area contributed by atoms with Gasteiger partial charge in [-0.2, -0.15) is 0 Å². The van der Waals surface area contributed by atoms with Crippen LogP contribution in [0.4, 0.5) is 0 Å². The van der Waals surface area contributed by atoms with Crippen LogP contribution in [0.15, 0.2) is 0 Å². The van der Waals surface area contributed by atoms with Crippen LogP contribution >= 0.6 is 0 Å². The first-order valence-electron chi connectivity index (χ1n) is 6.22. The summed E-state index contributed by atoms with van der Waals surface area (Å²) in [5.41, 5.74) is 0.0176. The lowest BCUT2D eigenvalue weighted by molar-refractivity contribution is -0.100. The fraction of sp³-hybridized carbons (Fsp3) is 1.00. The van der Waals surface area contributed by atoms with Gasteiger partial charge < -0.3 is 9.31 Å². The van der Waals surface area contributed by atoms with Gasteiger partial charge >= 0.3 is 7.12 Å². The molecule has 0 unspecified atom stereocenters. The van der Waals surface area contributed by atoms with Gasteiger partial charge in [0.2, 0.25) is 0 Å². The first-order valence-corrected chi connectivity index (χ1v) is 6.22. The first-order chi connectivity index (χ1) is 6.88. The van der Waals surface area contributed by atoms with Gasteiger partial charge in [0.15, 0.2) is 0 Å². The monoisotopic (exact) mass is 208 g/mol. The molecule has 2 nitrogen and oxygen atoms in total. The summed E-state index contributed by atoms with van der Waals surface area (Å²) in [6.07, 6.45) is 4.33. The molecule has 15 heavy (non-hydrogen) atoms. The van der Waals surface area contributed by atoms with E-state index in [9.17, 15) is 0 Å². The molecular formula is C12H21BO2. The van der Waals surface area contributed by atoms with E-state index in [2.05, 4.69) is 27.7 Å². The average molecular weight is 208 g/mol. The molecule has 0 radical (unpaired) electrons. The van der Waals surface area contributed by atoms with E-state index in [1.165, 1.54) is 19.3 Å². The molecule has 0 spiro atoms. The number of hydrogen-bond acceptors (Lipinski definition) is 2. The van der Waals surface area contributed by atoms with Gasteiger partial charge in [-0.15, -0.1) is 0 Å². The topological polar surface area (TPSA) is 18.5 Å². The summed E-state index contributed by atoms with van der Waals surface area (Å²) in [5.74, 6) is 1.69. The highest BCUT2D eigenvalue weighted by Crippen LogP contribution is 2.56. The third-order valence-corrected chi connectivity index (χ3v) is 4.35. The summed E-state index contributed by atoms with van der Waals surface area (Å²) in [6, 6.07) is 0. The smallest absolute Gasteiger partial charge is 0.405 e. The maximum atomic E-state index is 6.20. The molecular weight excluding hydrogens is 187 g/mol. The molecule has 0 N–H and O–H groups in total. The summed E-state index contributed by atoms with van der Waals surface area (Å²) >= 11 is 0. The molecule has 0 aromatic rings. The fourth-order valence-electron chi connectivity index (χ4n) is 3.55. The molecule has 1 aliphatic heterocycles. The molecule has 0 amide bonds. The summed E-state index contributed by atoms with van der Waals surface area (Å²) < 4.78 is 12.4. The average Bonchev–Trinajstić information content (AvgIpc) is 2.38. The van der Waals surface area contributed by atoms with Crippen molar-refractivity contribution >= 4 is 7.12 Å². The molecule has 84 valence electrons. The van der Waals surface area contributed by atoms with Crippen LogP contribution < -0.4 is 0 Å². The summed E-state index contributed by atoms with van der Waals surface area (Å²) in [6.45, 7) is 8.84. The number of hydrogen-bond donors (Lipinski definition) is 0. The molecule has 3 aliphatic carbocycles. The van der Waals surface area contributed by atoms with E-state index >= 15 is 0 Å².